The van der Waals surface area contributed by atoms with Gasteiger partial charge in [0.2, 0.25) is 17.8 Å². The quantitative estimate of drug-likeness (QED) is 0.192. The average molecular weight is 684 g/mol. The summed E-state index contributed by atoms with van der Waals surface area (Å²) in [6, 6.07) is 1.92. The van der Waals surface area contributed by atoms with Crippen molar-refractivity contribution in [1.82, 2.24) is 29.9 Å². The highest BCUT2D eigenvalue weighted by molar-refractivity contribution is 5.95. The van der Waals surface area contributed by atoms with Crippen molar-refractivity contribution >= 4 is 40.5 Å². The number of nitrogens with zero attached hydrogens (tertiary/aromatic N) is 11. The molecule has 0 radical (unpaired) electrons. The number of rotatable bonds is 18. The van der Waals surface area contributed by atoms with Crippen LogP contribution in [0.5, 0.6) is 0 Å². The topological polar surface area (TPSA) is 140 Å². The van der Waals surface area contributed by atoms with E-state index in [1.165, 1.54) is 0 Å². The van der Waals surface area contributed by atoms with Crippen LogP contribution in [0.3, 0.4) is 0 Å². The van der Waals surface area contributed by atoms with Crippen molar-refractivity contribution in [2.24, 2.45) is 0 Å². The van der Waals surface area contributed by atoms with Crippen molar-refractivity contribution < 1.29 is 23.7 Å². The van der Waals surface area contributed by atoms with E-state index in [9.17, 15) is 0 Å². The van der Waals surface area contributed by atoms with E-state index in [1.54, 1.807) is 35.5 Å². The summed E-state index contributed by atoms with van der Waals surface area (Å²) in [6.45, 7) is 11.0. The Morgan fingerprint density at radius 3 is 1.49 bits per heavy atom. The Bertz CT molecular complexity index is 1440. The number of ether oxygens (including phenoxy) is 5. The second-order valence-corrected chi connectivity index (χ2v) is 12.2. The van der Waals surface area contributed by atoms with Crippen molar-refractivity contribution in [2.45, 2.75) is 25.9 Å². The molecule has 5 heterocycles. The van der Waals surface area contributed by atoms with E-state index in [0.717, 1.165) is 73.3 Å². The van der Waals surface area contributed by atoms with Crippen LogP contribution >= 0.6 is 0 Å². The first-order valence-corrected chi connectivity index (χ1v) is 17.1. The summed E-state index contributed by atoms with van der Waals surface area (Å²) >= 11 is 0. The highest BCUT2D eigenvalue weighted by Crippen LogP contribution is 2.34. The van der Waals surface area contributed by atoms with Crippen molar-refractivity contribution in [3.8, 4) is 0 Å². The molecule has 0 atom stereocenters. The van der Waals surface area contributed by atoms with E-state index < -0.39 is 0 Å². The Balaban J connectivity index is 1.63. The summed E-state index contributed by atoms with van der Waals surface area (Å²) in [5.74, 6) is 3.52. The number of anilines is 5. The van der Waals surface area contributed by atoms with Crippen molar-refractivity contribution in [1.29, 1.82) is 0 Å². The summed E-state index contributed by atoms with van der Waals surface area (Å²) in [5.41, 5.74) is 2.39. The van der Waals surface area contributed by atoms with Gasteiger partial charge in [-0.05, 0) is 25.8 Å². The summed E-state index contributed by atoms with van der Waals surface area (Å²) < 4.78 is 27.6. The Labute approximate surface area is 289 Å². The first-order valence-electron chi connectivity index (χ1n) is 17.1. The minimum Gasteiger partial charge on any atom is -0.383 e. The van der Waals surface area contributed by atoms with Crippen molar-refractivity contribution in [3.63, 3.8) is 0 Å². The van der Waals surface area contributed by atoms with Crippen LogP contribution in [0.15, 0.2) is 12.3 Å². The number of hydrogen-bond acceptors (Lipinski definition) is 16. The van der Waals surface area contributed by atoms with E-state index in [-0.39, 0.29) is 6.10 Å². The Kier molecular flexibility index (Phi) is 13.7. The van der Waals surface area contributed by atoms with Gasteiger partial charge in [-0.15, -0.1) is 0 Å². The lowest BCUT2D eigenvalue weighted by molar-refractivity contribution is 0.0818. The van der Waals surface area contributed by atoms with Gasteiger partial charge in [-0.1, -0.05) is 0 Å². The number of fused-ring (bicyclic) bond motifs is 1. The zero-order valence-corrected chi connectivity index (χ0v) is 30.0. The minimum absolute atomic E-state index is 0.219. The summed E-state index contributed by atoms with van der Waals surface area (Å²) in [5, 5.41) is 0. The zero-order valence-electron chi connectivity index (χ0n) is 30.0. The SMILES string of the molecule is COCCN(CCOC)c1nc(N2CCN(c3nccc(C)n3)CC2)c2nc(N(CCOC)CCOC)nc(N3CCC(OC)CC3)c2n1. The lowest BCUT2D eigenvalue weighted by Gasteiger charge is -2.37. The molecule has 2 fully saturated rings. The number of hydrogen-bond donors (Lipinski definition) is 0. The van der Waals surface area contributed by atoms with Gasteiger partial charge in [0, 0.05) is 113 Å². The van der Waals surface area contributed by atoms with Gasteiger partial charge in [-0.2, -0.15) is 9.97 Å². The maximum Gasteiger partial charge on any atom is 0.228 e. The molecule has 16 nitrogen and oxygen atoms in total. The van der Waals surface area contributed by atoms with Crippen LogP contribution in [0.2, 0.25) is 0 Å². The summed E-state index contributed by atoms with van der Waals surface area (Å²) in [4.78, 5) is 41.3. The largest absolute Gasteiger partial charge is 0.383 e. The van der Waals surface area contributed by atoms with Gasteiger partial charge in [0.1, 0.15) is 11.0 Å². The van der Waals surface area contributed by atoms with E-state index in [2.05, 4.69) is 34.5 Å². The molecule has 3 aromatic heterocycles. The van der Waals surface area contributed by atoms with E-state index in [4.69, 9.17) is 43.6 Å². The monoisotopic (exact) mass is 683 g/mol. The molecular formula is C33H53N11O5. The highest BCUT2D eigenvalue weighted by Gasteiger charge is 2.30. The number of piperazine rings is 1. The fraction of sp³-hybridized carbons (Fsp3) is 0.697. The molecule has 0 aromatic carbocycles. The van der Waals surface area contributed by atoms with Gasteiger partial charge in [-0.3, -0.25) is 0 Å². The van der Waals surface area contributed by atoms with Gasteiger partial charge in [-0.25, -0.2) is 19.9 Å². The minimum atomic E-state index is 0.219. The molecule has 16 heteroatoms. The molecule has 0 bridgehead atoms. The molecule has 0 saturated carbocycles. The number of aryl methyl sites for hydroxylation is 1. The molecule has 5 rings (SSSR count). The Morgan fingerprint density at radius 2 is 1.06 bits per heavy atom. The predicted molar refractivity (Wildman–Crippen MR) is 190 cm³/mol. The molecule has 2 saturated heterocycles. The Hall–Kier alpha value is -3.70. The third-order valence-electron chi connectivity index (χ3n) is 9.03. The molecular weight excluding hydrogens is 630 g/mol. The Morgan fingerprint density at radius 1 is 0.612 bits per heavy atom. The van der Waals surface area contributed by atoms with Crippen LogP contribution in [-0.4, -0.2) is 163 Å². The van der Waals surface area contributed by atoms with Gasteiger partial charge in [0.05, 0.1) is 32.5 Å². The van der Waals surface area contributed by atoms with Gasteiger partial charge >= 0.3 is 0 Å². The van der Waals surface area contributed by atoms with Crippen LogP contribution in [0, 0.1) is 6.92 Å². The van der Waals surface area contributed by atoms with Gasteiger partial charge in [0.25, 0.3) is 0 Å². The molecule has 0 spiro atoms. The summed E-state index contributed by atoms with van der Waals surface area (Å²) in [7, 11) is 8.60. The molecule has 2 aliphatic heterocycles. The highest BCUT2D eigenvalue weighted by atomic mass is 16.5. The first kappa shape index (κ1) is 36.6. The second kappa shape index (κ2) is 18.3. The van der Waals surface area contributed by atoms with Crippen molar-refractivity contribution in [3.05, 3.63) is 18.0 Å². The standard InChI is InChI=1S/C33H53N11O5/c1-25-7-10-34-31(35-25)42-15-13-41(14-16-42)30-28-27(36-33(39-30)44(19-23-47-4)20-24-48-5)29(40-11-8-26(49-6)9-12-40)38-32(37-28)43(17-21-45-2)18-22-46-3/h7,10,26H,8-9,11-24H2,1-6H3. The number of piperidine rings is 1. The normalized spacial score (nSPS) is 15.8. The van der Waals surface area contributed by atoms with Crippen LogP contribution in [0.1, 0.15) is 18.5 Å². The van der Waals surface area contributed by atoms with Crippen molar-refractivity contribution in [2.75, 3.05) is 152 Å². The van der Waals surface area contributed by atoms with Gasteiger partial charge in [0.15, 0.2) is 11.6 Å². The third kappa shape index (κ3) is 9.30. The van der Waals surface area contributed by atoms with Crippen LogP contribution in [-0.2, 0) is 23.7 Å². The molecule has 49 heavy (non-hydrogen) atoms. The van der Waals surface area contributed by atoms with Gasteiger partial charge < -0.3 is 48.2 Å². The summed E-state index contributed by atoms with van der Waals surface area (Å²) in [6.07, 6.45) is 3.83. The second-order valence-electron chi connectivity index (χ2n) is 12.2. The van der Waals surface area contributed by atoms with E-state index in [1.807, 2.05) is 19.2 Å². The fourth-order valence-electron chi connectivity index (χ4n) is 6.13. The first-order chi connectivity index (χ1) is 24.0. The predicted octanol–water partition coefficient (Wildman–Crippen LogP) is 1.66. The zero-order chi connectivity index (χ0) is 34.6. The lowest BCUT2D eigenvalue weighted by atomic mass is 10.1. The molecule has 0 aliphatic carbocycles. The molecule has 0 amide bonds. The fourth-order valence-corrected chi connectivity index (χ4v) is 6.13. The molecule has 2 aliphatic rings. The maximum absolute atomic E-state index is 5.71. The molecule has 0 N–H and O–H groups in total. The maximum atomic E-state index is 5.71. The smallest absolute Gasteiger partial charge is 0.228 e. The van der Waals surface area contributed by atoms with Crippen LogP contribution in [0.4, 0.5) is 29.5 Å². The van der Waals surface area contributed by atoms with E-state index >= 15 is 0 Å². The van der Waals surface area contributed by atoms with Crippen LogP contribution < -0.4 is 24.5 Å². The molecule has 3 aromatic rings. The molecule has 0 unspecified atom stereocenters. The molecule has 270 valence electrons. The van der Waals surface area contributed by atoms with Crippen LogP contribution in [0.25, 0.3) is 11.0 Å². The van der Waals surface area contributed by atoms with E-state index in [0.29, 0.717) is 77.6 Å². The number of aromatic nitrogens is 6. The average Bonchev–Trinajstić information content (AvgIpc) is 3.14. The number of methoxy groups -OCH3 is 5. The third-order valence-corrected chi connectivity index (χ3v) is 9.03. The lowest BCUT2D eigenvalue weighted by Crippen LogP contribution is -2.47.